The maximum Gasteiger partial charge on any atom is 0.252 e. The number of anilines is 2. The van der Waals surface area contributed by atoms with Crippen LogP contribution >= 0.6 is 0 Å². The Morgan fingerprint density at radius 3 is 2.79 bits per heavy atom. The van der Waals surface area contributed by atoms with Crippen LogP contribution in [0.5, 0.6) is 0 Å². The molecule has 11 heteroatoms. The van der Waals surface area contributed by atoms with Gasteiger partial charge in [0.25, 0.3) is 5.56 Å². The Morgan fingerprint density at radius 1 is 1.26 bits per heavy atom. The molecule has 0 aromatic carbocycles. The number of carbonyl (C=O) groups is 1. The van der Waals surface area contributed by atoms with Gasteiger partial charge in [-0.25, -0.2) is 4.98 Å². The molecule has 3 aromatic rings. The van der Waals surface area contributed by atoms with Crippen molar-refractivity contribution in [3.63, 3.8) is 0 Å². The number of carbonyl (C=O) groups excluding carboxylic acids is 1. The molecule has 1 aliphatic heterocycles. The van der Waals surface area contributed by atoms with Crippen LogP contribution in [-0.4, -0.2) is 97.8 Å². The summed E-state index contributed by atoms with van der Waals surface area (Å²) < 4.78 is 3.38. The van der Waals surface area contributed by atoms with E-state index < -0.39 is 0 Å². The third kappa shape index (κ3) is 5.32. The van der Waals surface area contributed by atoms with E-state index in [9.17, 15) is 9.59 Å². The fourth-order valence-corrected chi connectivity index (χ4v) is 4.30. The molecule has 4 heterocycles. The second-order valence-corrected chi connectivity index (χ2v) is 8.76. The highest BCUT2D eigenvalue weighted by Gasteiger charge is 2.29. The zero-order valence-corrected chi connectivity index (χ0v) is 19.9. The highest BCUT2D eigenvalue weighted by Crippen LogP contribution is 2.16. The second-order valence-electron chi connectivity index (χ2n) is 8.76. The molecule has 34 heavy (non-hydrogen) atoms. The molecule has 1 aliphatic rings. The summed E-state index contributed by atoms with van der Waals surface area (Å²) in [7, 11) is 5.88. The molecular weight excluding hydrogens is 434 g/mol. The molecule has 1 N–H and O–H groups in total. The minimum atomic E-state index is -0.108. The Kier molecular flexibility index (Phi) is 7.03. The molecule has 4 rings (SSSR count). The van der Waals surface area contributed by atoms with Crippen LogP contribution in [0.25, 0.3) is 11.0 Å². The van der Waals surface area contributed by atoms with Crippen molar-refractivity contribution in [3.8, 4) is 0 Å². The maximum absolute atomic E-state index is 12.8. The lowest BCUT2D eigenvalue weighted by Gasteiger charge is -2.42. The van der Waals surface area contributed by atoms with Crippen LogP contribution in [0.3, 0.4) is 0 Å². The van der Waals surface area contributed by atoms with E-state index in [1.807, 2.05) is 32.2 Å². The molecule has 0 unspecified atom stereocenters. The first-order valence-electron chi connectivity index (χ1n) is 11.3. The highest BCUT2D eigenvalue weighted by molar-refractivity contribution is 5.87. The molecule has 0 aliphatic carbocycles. The van der Waals surface area contributed by atoms with Crippen LogP contribution in [0.15, 0.2) is 48.2 Å². The molecule has 3 aromatic heterocycles. The Balaban J connectivity index is 1.55. The van der Waals surface area contributed by atoms with Crippen LogP contribution in [0, 0.1) is 0 Å². The van der Waals surface area contributed by atoms with Crippen molar-refractivity contribution < 1.29 is 4.79 Å². The van der Waals surface area contributed by atoms with Gasteiger partial charge in [0.05, 0.1) is 11.9 Å². The first kappa shape index (κ1) is 23.6. The number of nitrogens with one attached hydrogen (secondary N) is 1. The minimum absolute atomic E-state index is 0.0426. The van der Waals surface area contributed by atoms with E-state index in [4.69, 9.17) is 0 Å². The molecule has 180 valence electrons. The SMILES string of the molecule is C=CC(=O)N1CCN(CCn2c(=O)ccc3cnc(Nc4cnn(C)c4)nc32)[C@@H](CN(C)C)C1. The Morgan fingerprint density at radius 2 is 2.09 bits per heavy atom. The quantitative estimate of drug-likeness (QED) is 0.481. The van der Waals surface area contributed by atoms with E-state index in [2.05, 4.69) is 36.8 Å². The van der Waals surface area contributed by atoms with Gasteiger partial charge in [-0.2, -0.15) is 10.1 Å². The number of rotatable bonds is 8. The monoisotopic (exact) mass is 465 g/mol. The highest BCUT2D eigenvalue weighted by atomic mass is 16.2. The summed E-state index contributed by atoms with van der Waals surface area (Å²) in [6.45, 7) is 7.59. The summed E-state index contributed by atoms with van der Waals surface area (Å²) in [5.41, 5.74) is 1.24. The predicted octanol–water partition coefficient (Wildman–Crippen LogP) is 0.529. The average molecular weight is 466 g/mol. The molecule has 0 spiro atoms. The molecule has 1 fully saturated rings. The van der Waals surface area contributed by atoms with Crippen LogP contribution in [-0.2, 0) is 18.4 Å². The summed E-state index contributed by atoms with van der Waals surface area (Å²) in [5, 5.41) is 8.07. The standard InChI is InChI=1S/C23H31N9O2/c1-5-20(33)31-9-8-30(19(16-31)15-28(2)3)10-11-32-21(34)7-6-17-12-24-23(27-22(17)32)26-18-13-25-29(4)14-18/h5-7,12-14,19H,1,8-11,15-16H2,2-4H3,(H,24,26,27)/t19-/m0/s1. The van der Waals surface area contributed by atoms with Gasteiger partial charge in [-0.05, 0) is 26.2 Å². The van der Waals surface area contributed by atoms with E-state index in [0.717, 1.165) is 24.2 Å². The van der Waals surface area contributed by atoms with Gasteiger partial charge in [-0.15, -0.1) is 0 Å². The summed E-state index contributed by atoms with van der Waals surface area (Å²) >= 11 is 0. The van der Waals surface area contributed by atoms with Crippen LogP contribution < -0.4 is 10.9 Å². The zero-order chi connectivity index (χ0) is 24.2. The van der Waals surface area contributed by atoms with Gasteiger partial charge in [0.2, 0.25) is 11.9 Å². The van der Waals surface area contributed by atoms with Gasteiger partial charge < -0.3 is 15.1 Å². The van der Waals surface area contributed by atoms with Gasteiger partial charge in [0, 0.05) is 76.2 Å². The van der Waals surface area contributed by atoms with Crippen molar-refractivity contribution in [1.29, 1.82) is 0 Å². The van der Waals surface area contributed by atoms with Crippen molar-refractivity contribution in [3.05, 3.63) is 53.7 Å². The summed E-state index contributed by atoms with van der Waals surface area (Å²) in [4.78, 5) is 40.2. The van der Waals surface area contributed by atoms with Crippen molar-refractivity contribution in [1.82, 2.24) is 39.0 Å². The number of likely N-dealkylation sites (N-methyl/N-ethyl adjacent to an activating group) is 1. The van der Waals surface area contributed by atoms with Crippen molar-refractivity contribution in [2.24, 2.45) is 7.05 Å². The molecule has 1 saturated heterocycles. The maximum atomic E-state index is 12.8. The molecule has 1 atom stereocenters. The third-order valence-electron chi connectivity index (χ3n) is 5.96. The van der Waals surface area contributed by atoms with Gasteiger partial charge in [0.1, 0.15) is 5.65 Å². The molecule has 0 saturated carbocycles. The second kappa shape index (κ2) is 10.1. The van der Waals surface area contributed by atoms with E-state index in [1.165, 1.54) is 6.08 Å². The summed E-state index contributed by atoms with van der Waals surface area (Å²) in [6.07, 6.45) is 6.60. The first-order chi connectivity index (χ1) is 16.3. The predicted molar refractivity (Wildman–Crippen MR) is 131 cm³/mol. The lowest BCUT2D eigenvalue weighted by atomic mass is 10.1. The largest absolute Gasteiger partial charge is 0.336 e. The molecule has 0 bridgehead atoms. The van der Waals surface area contributed by atoms with Crippen molar-refractivity contribution in [2.75, 3.05) is 52.1 Å². The van der Waals surface area contributed by atoms with Crippen molar-refractivity contribution >= 4 is 28.6 Å². The first-order valence-corrected chi connectivity index (χ1v) is 11.3. The summed E-state index contributed by atoms with van der Waals surface area (Å²) in [6, 6.07) is 3.46. The zero-order valence-electron chi connectivity index (χ0n) is 19.9. The van der Waals surface area contributed by atoms with Crippen LogP contribution in [0.1, 0.15) is 0 Å². The summed E-state index contributed by atoms with van der Waals surface area (Å²) in [5.74, 6) is 0.362. The Labute approximate surface area is 198 Å². The number of hydrogen-bond donors (Lipinski definition) is 1. The molecular formula is C23H31N9O2. The lowest BCUT2D eigenvalue weighted by molar-refractivity contribution is -0.129. The minimum Gasteiger partial charge on any atom is -0.336 e. The number of pyridine rings is 1. The van der Waals surface area contributed by atoms with E-state index in [0.29, 0.717) is 37.8 Å². The molecule has 1 amide bonds. The van der Waals surface area contributed by atoms with E-state index in [-0.39, 0.29) is 17.5 Å². The van der Waals surface area contributed by atoms with Gasteiger partial charge in [-0.1, -0.05) is 6.58 Å². The molecule has 0 radical (unpaired) electrons. The Bertz CT molecular complexity index is 1230. The Hall–Kier alpha value is -3.57. The number of nitrogens with zero attached hydrogens (tertiary/aromatic N) is 8. The molecule has 11 nitrogen and oxygen atoms in total. The number of aryl methyl sites for hydroxylation is 1. The van der Waals surface area contributed by atoms with E-state index in [1.54, 1.807) is 33.8 Å². The normalized spacial score (nSPS) is 16.8. The third-order valence-corrected chi connectivity index (χ3v) is 5.96. The number of fused-ring (bicyclic) bond motifs is 1. The fraction of sp³-hybridized carbons (Fsp3) is 0.435. The number of aromatic nitrogens is 5. The van der Waals surface area contributed by atoms with Crippen LogP contribution in [0.2, 0.25) is 0 Å². The van der Waals surface area contributed by atoms with Crippen molar-refractivity contribution in [2.45, 2.75) is 12.6 Å². The smallest absolute Gasteiger partial charge is 0.252 e. The topological polar surface area (TPSA) is 104 Å². The fourth-order valence-electron chi connectivity index (χ4n) is 4.30. The van der Waals surface area contributed by atoms with Gasteiger partial charge in [0.15, 0.2) is 0 Å². The number of amides is 1. The van der Waals surface area contributed by atoms with Crippen LogP contribution in [0.4, 0.5) is 11.6 Å². The van der Waals surface area contributed by atoms with E-state index >= 15 is 0 Å². The van der Waals surface area contributed by atoms with Gasteiger partial charge in [-0.3, -0.25) is 23.7 Å². The average Bonchev–Trinajstić information content (AvgIpc) is 3.22. The lowest BCUT2D eigenvalue weighted by Crippen LogP contribution is -2.58. The van der Waals surface area contributed by atoms with Gasteiger partial charge >= 0.3 is 0 Å². The number of piperazine rings is 1. The number of hydrogen-bond acceptors (Lipinski definition) is 8.